The molecular weight excluding hydrogens is 368 g/mol. The number of hydrogen-bond acceptors (Lipinski definition) is 5. The quantitative estimate of drug-likeness (QED) is 0.409. The first-order valence-corrected chi connectivity index (χ1v) is 9.97. The van der Waals surface area contributed by atoms with Crippen molar-refractivity contribution in [2.75, 3.05) is 25.5 Å². The molecular formula is C22H24N4OS. The van der Waals surface area contributed by atoms with E-state index in [0.29, 0.717) is 18.1 Å². The SMILES string of the molecule is C=CCN1C(=O)C(Cc2ccccc2)SC1=NN=Cc1ccc(N(C)C)cc1. The number of thioether (sulfide) groups is 1. The Hall–Kier alpha value is -2.86. The molecule has 0 saturated carbocycles. The minimum Gasteiger partial charge on any atom is -0.378 e. The van der Waals surface area contributed by atoms with Crippen molar-refractivity contribution in [2.24, 2.45) is 10.2 Å². The molecule has 1 aliphatic heterocycles. The Morgan fingerprint density at radius 1 is 1.14 bits per heavy atom. The zero-order valence-corrected chi connectivity index (χ0v) is 17.0. The lowest BCUT2D eigenvalue weighted by atomic mass is 10.1. The van der Waals surface area contributed by atoms with Crippen LogP contribution >= 0.6 is 11.8 Å². The highest BCUT2D eigenvalue weighted by molar-refractivity contribution is 8.15. The van der Waals surface area contributed by atoms with Gasteiger partial charge in [0.2, 0.25) is 5.91 Å². The van der Waals surface area contributed by atoms with Gasteiger partial charge in [0.15, 0.2) is 5.17 Å². The fraction of sp³-hybridized carbons (Fsp3) is 0.227. The van der Waals surface area contributed by atoms with Gasteiger partial charge in [0.25, 0.3) is 0 Å². The van der Waals surface area contributed by atoms with Crippen LogP contribution in [-0.4, -0.2) is 48.1 Å². The maximum atomic E-state index is 12.8. The summed E-state index contributed by atoms with van der Waals surface area (Å²) in [6, 6.07) is 18.1. The van der Waals surface area contributed by atoms with Crippen molar-refractivity contribution in [2.45, 2.75) is 11.7 Å². The molecule has 2 aromatic rings. The van der Waals surface area contributed by atoms with Crippen LogP contribution in [0.2, 0.25) is 0 Å². The van der Waals surface area contributed by atoms with Gasteiger partial charge in [-0.25, -0.2) is 0 Å². The van der Waals surface area contributed by atoms with E-state index in [1.54, 1.807) is 17.2 Å². The second kappa shape index (κ2) is 9.37. The van der Waals surface area contributed by atoms with E-state index >= 15 is 0 Å². The maximum absolute atomic E-state index is 12.8. The van der Waals surface area contributed by atoms with E-state index in [0.717, 1.165) is 16.8 Å². The molecule has 1 saturated heterocycles. The maximum Gasteiger partial charge on any atom is 0.242 e. The van der Waals surface area contributed by atoms with Crippen LogP contribution in [0.3, 0.4) is 0 Å². The molecule has 2 aromatic carbocycles. The number of nitrogens with zero attached hydrogens (tertiary/aromatic N) is 4. The summed E-state index contributed by atoms with van der Waals surface area (Å²) in [5, 5.41) is 8.95. The third-order valence-electron chi connectivity index (χ3n) is 4.36. The molecule has 1 fully saturated rings. The number of carbonyl (C=O) groups excluding carboxylic acids is 1. The fourth-order valence-corrected chi connectivity index (χ4v) is 3.99. The molecule has 1 amide bonds. The predicted molar refractivity (Wildman–Crippen MR) is 119 cm³/mol. The van der Waals surface area contributed by atoms with E-state index in [-0.39, 0.29) is 11.2 Å². The molecule has 1 unspecified atom stereocenters. The zero-order valence-electron chi connectivity index (χ0n) is 16.2. The van der Waals surface area contributed by atoms with Gasteiger partial charge >= 0.3 is 0 Å². The van der Waals surface area contributed by atoms with Gasteiger partial charge in [-0.1, -0.05) is 60.3 Å². The summed E-state index contributed by atoms with van der Waals surface area (Å²) < 4.78 is 0. The summed E-state index contributed by atoms with van der Waals surface area (Å²) >= 11 is 1.46. The van der Waals surface area contributed by atoms with Crippen molar-refractivity contribution in [1.29, 1.82) is 0 Å². The van der Waals surface area contributed by atoms with Crippen molar-refractivity contribution < 1.29 is 4.79 Å². The summed E-state index contributed by atoms with van der Waals surface area (Å²) in [7, 11) is 4.01. The fourth-order valence-electron chi connectivity index (χ4n) is 2.84. The minimum absolute atomic E-state index is 0.0537. The number of rotatable bonds is 7. The van der Waals surface area contributed by atoms with E-state index in [1.165, 1.54) is 11.8 Å². The third-order valence-corrected chi connectivity index (χ3v) is 5.52. The van der Waals surface area contributed by atoms with E-state index in [1.807, 2.05) is 73.6 Å². The molecule has 0 N–H and O–H groups in total. The second-order valence-electron chi connectivity index (χ2n) is 6.65. The molecule has 0 bridgehead atoms. The molecule has 0 aliphatic carbocycles. The van der Waals surface area contributed by atoms with Gasteiger partial charge in [-0.15, -0.1) is 11.7 Å². The number of amidine groups is 1. The molecule has 1 aliphatic rings. The Balaban J connectivity index is 1.72. The molecule has 0 aromatic heterocycles. The van der Waals surface area contributed by atoms with Crippen molar-refractivity contribution in [1.82, 2.24) is 4.90 Å². The topological polar surface area (TPSA) is 48.3 Å². The monoisotopic (exact) mass is 392 g/mol. The lowest BCUT2D eigenvalue weighted by molar-refractivity contribution is -0.125. The Bertz CT molecular complexity index is 875. The van der Waals surface area contributed by atoms with Crippen LogP contribution < -0.4 is 4.90 Å². The van der Waals surface area contributed by atoms with Crippen LogP contribution in [0.25, 0.3) is 0 Å². The highest BCUT2D eigenvalue weighted by Crippen LogP contribution is 2.30. The van der Waals surface area contributed by atoms with Crippen LogP contribution in [-0.2, 0) is 11.2 Å². The predicted octanol–water partition coefficient (Wildman–Crippen LogP) is 3.82. The smallest absolute Gasteiger partial charge is 0.242 e. The van der Waals surface area contributed by atoms with E-state index in [2.05, 4.69) is 16.8 Å². The first-order valence-electron chi connectivity index (χ1n) is 9.09. The second-order valence-corrected chi connectivity index (χ2v) is 7.82. The Labute approximate surface area is 170 Å². The molecule has 5 nitrogen and oxygen atoms in total. The van der Waals surface area contributed by atoms with Crippen molar-refractivity contribution in [3.63, 3.8) is 0 Å². The van der Waals surface area contributed by atoms with Crippen LogP contribution in [0.5, 0.6) is 0 Å². The number of amides is 1. The molecule has 0 radical (unpaired) electrons. The number of carbonyl (C=O) groups is 1. The molecule has 3 rings (SSSR count). The summed E-state index contributed by atoms with van der Waals surface area (Å²) in [6.45, 7) is 4.19. The average Bonchev–Trinajstić information content (AvgIpc) is 2.98. The first kappa shape index (κ1) is 19.9. The zero-order chi connectivity index (χ0) is 19.9. The molecule has 1 heterocycles. The van der Waals surface area contributed by atoms with E-state index in [4.69, 9.17) is 0 Å². The third kappa shape index (κ3) is 4.89. The standard InChI is InChI=1S/C22H24N4OS/c1-4-14-26-21(27)20(15-17-8-6-5-7-9-17)28-22(26)24-23-16-18-10-12-19(13-11-18)25(2)3/h4-13,16,20H,1,14-15H2,2-3H3. The number of anilines is 1. The summed E-state index contributed by atoms with van der Waals surface area (Å²) in [5.41, 5.74) is 3.22. The Morgan fingerprint density at radius 3 is 2.50 bits per heavy atom. The van der Waals surface area contributed by atoms with Crippen molar-refractivity contribution in [3.05, 3.63) is 78.4 Å². The normalized spacial score (nSPS) is 18.2. The molecule has 144 valence electrons. The van der Waals surface area contributed by atoms with Crippen molar-refractivity contribution in [3.8, 4) is 0 Å². The van der Waals surface area contributed by atoms with Gasteiger partial charge < -0.3 is 4.90 Å². The number of benzene rings is 2. The van der Waals surface area contributed by atoms with Crippen LogP contribution in [0.4, 0.5) is 5.69 Å². The van der Waals surface area contributed by atoms with Gasteiger partial charge in [-0.2, -0.15) is 5.10 Å². The lowest BCUT2D eigenvalue weighted by Crippen LogP contribution is -2.32. The Kier molecular flexibility index (Phi) is 6.66. The van der Waals surface area contributed by atoms with Crippen LogP contribution in [0, 0.1) is 0 Å². The Morgan fingerprint density at radius 2 is 1.86 bits per heavy atom. The minimum atomic E-state index is -0.185. The first-order chi connectivity index (χ1) is 13.6. The van der Waals surface area contributed by atoms with Crippen LogP contribution in [0.1, 0.15) is 11.1 Å². The average molecular weight is 393 g/mol. The molecule has 0 spiro atoms. The highest BCUT2D eigenvalue weighted by Gasteiger charge is 2.37. The highest BCUT2D eigenvalue weighted by atomic mass is 32.2. The van der Waals surface area contributed by atoms with E-state index < -0.39 is 0 Å². The van der Waals surface area contributed by atoms with Crippen LogP contribution in [0.15, 0.2) is 77.5 Å². The lowest BCUT2D eigenvalue weighted by Gasteiger charge is -2.13. The van der Waals surface area contributed by atoms with Gasteiger partial charge in [0, 0.05) is 26.3 Å². The van der Waals surface area contributed by atoms with Gasteiger partial charge in [-0.3, -0.25) is 9.69 Å². The molecule has 6 heteroatoms. The van der Waals surface area contributed by atoms with Crippen molar-refractivity contribution >= 4 is 34.7 Å². The summed E-state index contributed by atoms with van der Waals surface area (Å²) in [4.78, 5) is 16.5. The summed E-state index contributed by atoms with van der Waals surface area (Å²) in [6.07, 6.45) is 4.09. The number of hydrogen-bond donors (Lipinski definition) is 0. The van der Waals surface area contributed by atoms with E-state index in [9.17, 15) is 4.79 Å². The van der Waals surface area contributed by atoms with Gasteiger partial charge in [0.1, 0.15) is 0 Å². The van der Waals surface area contributed by atoms with Gasteiger partial charge in [0.05, 0.1) is 11.5 Å². The molecule has 1 atom stereocenters. The van der Waals surface area contributed by atoms with Gasteiger partial charge in [-0.05, 0) is 29.7 Å². The molecule has 28 heavy (non-hydrogen) atoms. The largest absolute Gasteiger partial charge is 0.378 e. The summed E-state index contributed by atoms with van der Waals surface area (Å²) in [5.74, 6) is 0.0537.